The van der Waals surface area contributed by atoms with E-state index in [4.69, 9.17) is 0 Å². The van der Waals surface area contributed by atoms with E-state index in [0.717, 1.165) is 41.9 Å². The summed E-state index contributed by atoms with van der Waals surface area (Å²) in [7, 11) is 1.85. The summed E-state index contributed by atoms with van der Waals surface area (Å²) in [4.78, 5) is 18.2. The summed E-state index contributed by atoms with van der Waals surface area (Å²) in [6.45, 7) is 2.19. The predicted molar refractivity (Wildman–Crippen MR) is 131 cm³/mol. The van der Waals surface area contributed by atoms with Crippen LogP contribution in [0.5, 0.6) is 0 Å². The minimum Gasteiger partial charge on any atom is -0.306 e. The minimum absolute atomic E-state index is 0.103. The third-order valence-corrected chi connectivity index (χ3v) is 8.15. The summed E-state index contributed by atoms with van der Waals surface area (Å²) in [6, 6.07) is 13.4. The average Bonchev–Trinajstić information content (AvgIpc) is 3.39. The molecule has 1 saturated carbocycles. The number of aryl methyl sites for hydroxylation is 1. The molecular formula is C28H31FN4O. The average molecular weight is 459 g/mol. The van der Waals surface area contributed by atoms with Crippen molar-refractivity contribution in [2.45, 2.75) is 50.6 Å². The summed E-state index contributed by atoms with van der Waals surface area (Å²) in [5, 5.41) is 4.18. The van der Waals surface area contributed by atoms with Crippen molar-refractivity contribution in [3.63, 3.8) is 0 Å². The maximum absolute atomic E-state index is 15.2. The molecule has 1 atom stereocenters. The quantitative estimate of drug-likeness (QED) is 0.524. The van der Waals surface area contributed by atoms with Crippen LogP contribution in [0.15, 0.2) is 54.9 Å². The molecule has 0 N–H and O–H groups in total. The molecule has 1 spiro atoms. The van der Waals surface area contributed by atoms with E-state index in [2.05, 4.69) is 16.1 Å². The molecule has 3 heterocycles. The maximum atomic E-state index is 15.2. The molecule has 0 radical (unpaired) electrons. The molecule has 5 nitrogen and oxygen atoms in total. The topological polar surface area (TPSA) is 41.4 Å². The van der Waals surface area contributed by atoms with Crippen molar-refractivity contribution in [2.75, 3.05) is 18.0 Å². The Morgan fingerprint density at radius 2 is 1.91 bits per heavy atom. The van der Waals surface area contributed by atoms with Crippen LogP contribution in [0.4, 0.5) is 10.1 Å². The van der Waals surface area contributed by atoms with Crippen LogP contribution in [0, 0.1) is 11.7 Å². The molecule has 1 aliphatic carbocycles. The summed E-state index contributed by atoms with van der Waals surface area (Å²) in [5.74, 6) is 0.490. The van der Waals surface area contributed by atoms with Gasteiger partial charge in [-0.05, 0) is 42.9 Å². The molecule has 0 bridgehead atoms. The predicted octanol–water partition coefficient (Wildman–Crippen LogP) is 5.25. The van der Waals surface area contributed by atoms with Crippen LogP contribution >= 0.6 is 0 Å². The summed E-state index contributed by atoms with van der Waals surface area (Å²) >= 11 is 0. The third kappa shape index (κ3) is 3.38. The zero-order chi connectivity index (χ0) is 23.3. The SMILES string of the molecule is Cn1cc(-c2ccc(CN3C(=O)C4(CCN4CC4CCCCC4)c4ccccc43)c(F)c2)cn1. The number of hydrogen-bond donors (Lipinski definition) is 0. The lowest BCUT2D eigenvalue weighted by Crippen LogP contribution is -2.63. The van der Waals surface area contributed by atoms with Gasteiger partial charge in [-0.15, -0.1) is 0 Å². The van der Waals surface area contributed by atoms with Gasteiger partial charge in [0.05, 0.1) is 12.7 Å². The zero-order valence-corrected chi connectivity index (χ0v) is 19.7. The molecule has 3 aromatic rings. The Labute approximate surface area is 200 Å². The van der Waals surface area contributed by atoms with E-state index in [-0.39, 0.29) is 18.3 Å². The second kappa shape index (κ2) is 8.35. The van der Waals surface area contributed by atoms with Gasteiger partial charge in [-0.25, -0.2) is 4.39 Å². The maximum Gasteiger partial charge on any atom is 0.252 e. The van der Waals surface area contributed by atoms with E-state index < -0.39 is 5.54 Å². The van der Waals surface area contributed by atoms with E-state index in [1.54, 1.807) is 23.0 Å². The first-order chi connectivity index (χ1) is 16.6. The first-order valence-electron chi connectivity index (χ1n) is 12.5. The second-order valence-electron chi connectivity index (χ2n) is 10.2. The van der Waals surface area contributed by atoms with Crippen LogP contribution in [0.3, 0.4) is 0 Å². The number of fused-ring (bicyclic) bond motifs is 2. The fraction of sp³-hybridized carbons (Fsp3) is 0.429. The van der Waals surface area contributed by atoms with Gasteiger partial charge in [0.15, 0.2) is 0 Å². The van der Waals surface area contributed by atoms with Gasteiger partial charge in [-0.2, -0.15) is 5.10 Å². The standard InChI is InChI=1S/C28H31FN4O/c1-31-18-23(16-30-31)21-11-12-22(25(29)15-21)19-33-26-10-6-5-9-24(26)28(27(33)34)13-14-32(28)17-20-7-3-2-4-8-20/h5-6,9-12,15-16,18,20H,2-4,7-8,13-14,17,19H2,1H3. The molecule has 176 valence electrons. The Morgan fingerprint density at radius 1 is 1.09 bits per heavy atom. The number of hydrogen-bond acceptors (Lipinski definition) is 3. The molecule has 2 fully saturated rings. The number of nitrogens with zero attached hydrogens (tertiary/aromatic N) is 4. The molecule has 34 heavy (non-hydrogen) atoms. The minimum atomic E-state index is -0.569. The number of aromatic nitrogens is 2. The van der Waals surface area contributed by atoms with Gasteiger partial charge >= 0.3 is 0 Å². The number of benzene rings is 2. The van der Waals surface area contributed by atoms with E-state index in [1.165, 1.54) is 32.1 Å². The Balaban J connectivity index is 1.28. The molecular weight excluding hydrogens is 427 g/mol. The van der Waals surface area contributed by atoms with Crippen molar-refractivity contribution >= 4 is 11.6 Å². The highest BCUT2D eigenvalue weighted by Crippen LogP contribution is 2.52. The number of anilines is 1. The van der Waals surface area contributed by atoms with Crippen LogP contribution in [-0.4, -0.2) is 33.7 Å². The van der Waals surface area contributed by atoms with Gasteiger partial charge in [0.1, 0.15) is 11.4 Å². The molecule has 1 amide bonds. The van der Waals surface area contributed by atoms with Crippen molar-refractivity contribution in [1.82, 2.24) is 14.7 Å². The number of carbonyl (C=O) groups excluding carboxylic acids is 1. The van der Waals surface area contributed by atoms with Gasteiger partial charge < -0.3 is 4.90 Å². The molecule has 2 aliphatic heterocycles. The first-order valence-corrected chi connectivity index (χ1v) is 12.5. The van der Waals surface area contributed by atoms with Crippen LogP contribution < -0.4 is 4.90 Å². The fourth-order valence-electron chi connectivity index (χ4n) is 6.23. The van der Waals surface area contributed by atoms with Gasteiger partial charge in [0.25, 0.3) is 5.91 Å². The largest absolute Gasteiger partial charge is 0.306 e. The van der Waals surface area contributed by atoms with E-state index in [1.807, 2.05) is 42.4 Å². The van der Waals surface area contributed by atoms with Crippen LogP contribution in [-0.2, 0) is 23.9 Å². The molecule has 6 heteroatoms. The van der Waals surface area contributed by atoms with Crippen molar-refractivity contribution < 1.29 is 9.18 Å². The lowest BCUT2D eigenvalue weighted by molar-refractivity contribution is -0.140. The normalized spacial score (nSPS) is 22.9. The summed E-state index contributed by atoms with van der Waals surface area (Å²) in [5.41, 5.74) is 3.65. The van der Waals surface area contributed by atoms with Crippen molar-refractivity contribution in [2.24, 2.45) is 13.0 Å². The van der Waals surface area contributed by atoms with Crippen molar-refractivity contribution in [3.8, 4) is 11.1 Å². The summed E-state index contributed by atoms with van der Waals surface area (Å²) in [6.07, 6.45) is 10.9. The lowest BCUT2D eigenvalue weighted by Gasteiger charge is -2.51. The van der Waals surface area contributed by atoms with E-state index >= 15 is 4.39 Å². The number of carbonyl (C=O) groups is 1. The van der Waals surface area contributed by atoms with Gasteiger partial charge in [-0.3, -0.25) is 14.4 Å². The first kappa shape index (κ1) is 21.5. The monoisotopic (exact) mass is 458 g/mol. The van der Waals surface area contributed by atoms with E-state index in [9.17, 15) is 4.79 Å². The highest BCUT2D eigenvalue weighted by Gasteiger charge is 2.59. The Bertz CT molecular complexity index is 1230. The molecule has 6 rings (SSSR count). The smallest absolute Gasteiger partial charge is 0.252 e. The number of halogens is 1. The summed E-state index contributed by atoms with van der Waals surface area (Å²) < 4.78 is 16.9. The lowest BCUT2D eigenvalue weighted by atomic mass is 9.77. The number of para-hydroxylation sites is 1. The molecule has 2 aromatic carbocycles. The highest BCUT2D eigenvalue weighted by molar-refractivity contribution is 6.08. The number of rotatable bonds is 5. The second-order valence-corrected chi connectivity index (χ2v) is 10.2. The van der Waals surface area contributed by atoms with Gasteiger partial charge in [-0.1, -0.05) is 49.6 Å². The number of likely N-dealkylation sites (tertiary alicyclic amines) is 1. The molecule has 1 aromatic heterocycles. The van der Waals surface area contributed by atoms with Crippen LogP contribution in [0.1, 0.15) is 49.7 Å². The Morgan fingerprint density at radius 3 is 2.62 bits per heavy atom. The van der Waals surface area contributed by atoms with Crippen molar-refractivity contribution in [3.05, 3.63) is 71.8 Å². The highest BCUT2D eigenvalue weighted by atomic mass is 19.1. The Hall–Kier alpha value is -2.99. The fourth-order valence-corrected chi connectivity index (χ4v) is 6.23. The molecule has 1 saturated heterocycles. The van der Waals surface area contributed by atoms with Gasteiger partial charge in [0, 0.05) is 48.7 Å². The van der Waals surface area contributed by atoms with Gasteiger partial charge in [0.2, 0.25) is 0 Å². The molecule has 3 aliphatic rings. The van der Waals surface area contributed by atoms with Crippen molar-refractivity contribution in [1.29, 1.82) is 0 Å². The Kier molecular flexibility index (Phi) is 5.29. The van der Waals surface area contributed by atoms with E-state index in [0.29, 0.717) is 11.5 Å². The van der Waals surface area contributed by atoms with Crippen LogP contribution in [0.25, 0.3) is 11.1 Å². The van der Waals surface area contributed by atoms with Crippen LogP contribution in [0.2, 0.25) is 0 Å². The zero-order valence-electron chi connectivity index (χ0n) is 19.7. The molecule has 1 unspecified atom stereocenters. The number of amides is 1. The third-order valence-electron chi connectivity index (χ3n) is 8.15.